The first-order chi connectivity index (χ1) is 11.8. The van der Waals surface area contributed by atoms with Gasteiger partial charge in [0.1, 0.15) is 11.2 Å². The molecule has 2 N–H and O–H groups in total. The van der Waals surface area contributed by atoms with Crippen LogP contribution in [0.15, 0.2) is 48.5 Å². The smallest absolute Gasteiger partial charge is 0.239 e. The van der Waals surface area contributed by atoms with Gasteiger partial charge in [-0.25, -0.2) is 0 Å². The largest absolute Gasteiger partial charge is 0.494 e. The number of carbonyl (C=O) groups excluding carboxylic acids is 2. The minimum Gasteiger partial charge on any atom is -0.494 e. The lowest BCUT2D eigenvalue weighted by Crippen LogP contribution is -2.41. The van der Waals surface area contributed by atoms with Crippen molar-refractivity contribution in [2.45, 2.75) is 27.7 Å². The second kappa shape index (κ2) is 7.83. The van der Waals surface area contributed by atoms with Crippen LogP contribution in [0.1, 0.15) is 26.3 Å². The van der Waals surface area contributed by atoms with Crippen molar-refractivity contribution in [2.24, 2.45) is 5.41 Å². The van der Waals surface area contributed by atoms with Crippen LogP contribution >= 0.6 is 0 Å². The Morgan fingerprint density at radius 1 is 0.960 bits per heavy atom. The van der Waals surface area contributed by atoms with Gasteiger partial charge in [0.05, 0.1) is 6.61 Å². The van der Waals surface area contributed by atoms with Crippen molar-refractivity contribution in [1.29, 1.82) is 0 Å². The van der Waals surface area contributed by atoms with Crippen molar-refractivity contribution in [2.75, 3.05) is 17.2 Å². The normalized spacial score (nSPS) is 10.9. The van der Waals surface area contributed by atoms with Crippen molar-refractivity contribution in [1.82, 2.24) is 0 Å². The summed E-state index contributed by atoms with van der Waals surface area (Å²) in [6.45, 7) is 7.63. The molecule has 0 atom stereocenters. The molecule has 0 aromatic heterocycles. The maximum Gasteiger partial charge on any atom is 0.239 e. The molecule has 0 fully saturated rings. The van der Waals surface area contributed by atoms with Crippen LogP contribution in [0.4, 0.5) is 11.4 Å². The summed E-state index contributed by atoms with van der Waals surface area (Å²) in [5.41, 5.74) is 1.11. The minimum absolute atomic E-state index is 0.360. The van der Waals surface area contributed by atoms with Gasteiger partial charge >= 0.3 is 0 Å². The number of rotatable bonds is 6. The van der Waals surface area contributed by atoms with Gasteiger partial charge in [-0.15, -0.1) is 0 Å². The number of hydrogen-bond acceptors (Lipinski definition) is 3. The second-order valence-electron chi connectivity index (χ2n) is 6.36. The van der Waals surface area contributed by atoms with Crippen molar-refractivity contribution >= 4 is 23.2 Å². The summed E-state index contributed by atoms with van der Waals surface area (Å²) in [7, 11) is 0. The Morgan fingerprint density at radius 2 is 1.56 bits per heavy atom. The highest BCUT2D eigenvalue weighted by Gasteiger charge is 2.36. The zero-order chi connectivity index (χ0) is 18.4. The highest BCUT2D eigenvalue weighted by molar-refractivity contribution is 6.14. The molecule has 2 aromatic carbocycles. The van der Waals surface area contributed by atoms with E-state index in [0.717, 1.165) is 11.3 Å². The third kappa shape index (κ3) is 4.83. The summed E-state index contributed by atoms with van der Waals surface area (Å²) in [5, 5.41) is 5.57. The van der Waals surface area contributed by atoms with Gasteiger partial charge in [-0.05, 0) is 69.7 Å². The van der Waals surface area contributed by atoms with Gasteiger partial charge in [0, 0.05) is 11.4 Å². The average molecular weight is 340 g/mol. The zero-order valence-corrected chi connectivity index (χ0v) is 15.1. The van der Waals surface area contributed by atoms with E-state index in [-0.39, 0.29) is 11.8 Å². The summed E-state index contributed by atoms with van der Waals surface area (Å²) >= 11 is 0. The Bertz CT molecular complexity index is 752. The van der Waals surface area contributed by atoms with Crippen molar-refractivity contribution in [3.63, 3.8) is 0 Å². The molecule has 0 radical (unpaired) electrons. The van der Waals surface area contributed by atoms with Crippen LogP contribution in [0.5, 0.6) is 5.75 Å². The number of aryl methyl sites for hydroxylation is 1. The van der Waals surface area contributed by atoms with Crippen LogP contribution in [0.2, 0.25) is 0 Å². The quantitative estimate of drug-likeness (QED) is 0.781. The maximum absolute atomic E-state index is 12.5. The van der Waals surface area contributed by atoms with Gasteiger partial charge in [-0.3, -0.25) is 9.59 Å². The lowest BCUT2D eigenvalue weighted by atomic mass is 9.90. The van der Waals surface area contributed by atoms with Crippen molar-refractivity contribution in [3.05, 3.63) is 54.1 Å². The summed E-state index contributed by atoms with van der Waals surface area (Å²) in [6.07, 6.45) is 0. The van der Waals surface area contributed by atoms with E-state index in [1.807, 2.05) is 32.0 Å². The molecule has 2 amide bonds. The van der Waals surface area contributed by atoms with Gasteiger partial charge in [0.25, 0.3) is 0 Å². The molecule has 0 aliphatic heterocycles. The van der Waals surface area contributed by atoms with Crippen molar-refractivity contribution < 1.29 is 14.3 Å². The molecule has 132 valence electrons. The van der Waals surface area contributed by atoms with E-state index in [0.29, 0.717) is 18.0 Å². The summed E-state index contributed by atoms with van der Waals surface area (Å²) < 4.78 is 5.37. The van der Waals surface area contributed by atoms with Gasteiger partial charge in [0.15, 0.2) is 0 Å². The van der Waals surface area contributed by atoms with E-state index >= 15 is 0 Å². The molecule has 2 aromatic rings. The van der Waals surface area contributed by atoms with Crippen LogP contribution < -0.4 is 15.4 Å². The van der Waals surface area contributed by atoms with E-state index in [9.17, 15) is 9.59 Å². The number of amides is 2. The summed E-state index contributed by atoms with van der Waals surface area (Å²) in [5.74, 6) is 0.000277. The highest BCUT2D eigenvalue weighted by atomic mass is 16.5. The molecular weight excluding hydrogens is 316 g/mol. The van der Waals surface area contributed by atoms with Gasteiger partial charge < -0.3 is 15.4 Å². The third-order valence-corrected chi connectivity index (χ3v) is 3.83. The second-order valence-corrected chi connectivity index (χ2v) is 6.36. The van der Waals surface area contributed by atoms with Gasteiger partial charge in [0.2, 0.25) is 11.8 Å². The van der Waals surface area contributed by atoms with E-state index in [4.69, 9.17) is 4.74 Å². The third-order valence-electron chi connectivity index (χ3n) is 3.83. The molecule has 5 heteroatoms. The van der Waals surface area contributed by atoms with Crippen LogP contribution in [0.3, 0.4) is 0 Å². The molecule has 0 aliphatic carbocycles. The van der Waals surface area contributed by atoms with Crippen LogP contribution in [-0.2, 0) is 9.59 Å². The first kappa shape index (κ1) is 18.5. The Hall–Kier alpha value is -2.82. The molecular formula is C20H24N2O3. The van der Waals surface area contributed by atoms with E-state index in [1.54, 1.807) is 44.2 Å². The molecule has 0 aliphatic rings. The zero-order valence-electron chi connectivity index (χ0n) is 15.1. The first-order valence-electron chi connectivity index (χ1n) is 8.25. The molecule has 25 heavy (non-hydrogen) atoms. The fourth-order valence-electron chi connectivity index (χ4n) is 2.20. The number of anilines is 2. The number of benzene rings is 2. The van der Waals surface area contributed by atoms with Crippen LogP contribution in [0, 0.1) is 12.3 Å². The Balaban J connectivity index is 2.04. The number of carbonyl (C=O) groups is 2. The highest BCUT2D eigenvalue weighted by Crippen LogP contribution is 2.23. The molecule has 0 saturated carbocycles. The standard InChI is InChI=1S/C20H24N2O3/c1-5-25-17-11-9-15(10-12-17)21-18(23)20(3,4)19(24)22-16-8-6-7-14(2)13-16/h6-13H,5H2,1-4H3,(H,21,23)(H,22,24). The first-order valence-corrected chi connectivity index (χ1v) is 8.25. The summed E-state index contributed by atoms with van der Waals surface area (Å²) in [4.78, 5) is 25.1. The molecule has 2 rings (SSSR count). The topological polar surface area (TPSA) is 67.4 Å². The van der Waals surface area contributed by atoms with Gasteiger partial charge in [-0.2, -0.15) is 0 Å². The van der Waals surface area contributed by atoms with Gasteiger partial charge in [-0.1, -0.05) is 12.1 Å². The van der Waals surface area contributed by atoms with Crippen molar-refractivity contribution in [3.8, 4) is 5.75 Å². The predicted octanol–water partition coefficient (Wildman–Crippen LogP) is 4.00. The number of nitrogens with one attached hydrogen (secondary N) is 2. The molecule has 0 heterocycles. The summed E-state index contributed by atoms with van der Waals surface area (Å²) in [6, 6.07) is 14.5. The fraction of sp³-hybridized carbons (Fsp3) is 0.300. The molecule has 0 bridgehead atoms. The lowest BCUT2D eigenvalue weighted by molar-refractivity contribution is -0.135. The number of hydrogen-bond donors (Lipinski definition) is 2. The molecule has 0 spiro atoms. The van der Waals surface area contributed by atoms with E-state index in [2.05, 4.69) is 10.6 Å². The Labute approximate surface area is 148 Å². The maximum atomic E-state index is 12.5. The lowest BCUT2D eigenvalue weighted by Gasteiger charge is -2.23. The minimum atomic E-state index is -1.22. The van der Waals surface area contributed by atoms with Crippen LogP contribution in [-0.4, -0.2) is 18.4 Å². The monoisotopic (exact) mass is 340 g/mol. The van der Waals surface area contributed by atoms with E-state index < -0.39 is 5.41 Å². The SMILES string of the molecule is CCOc1ccc(NC(=O)C(C)(C)C(=O)Nc2cccc(C)c2)cc1. The molecule has 5 nitrogen and oxygen atoms in total. The fourth-order valence-corrected chi connectivity index (χ4v) is 2.20. The predicted molar refractivity (Wildman–Crippen MR) is 99.8 cm³/mol. The molecule has 0 unspecified atom stereocenters. The Kier molecular flexibility index (Phi) is 5.80. The average Bonchev–Trinajstić information content (AvgIpc) is 2.56. The number of ether oxygens (including phenoxy) is 1. The Morgan fingerprint density at radius 3 is 2.12 bits per heavy atom. The molecule has 0 saturated heterocycles. The van der Waals surface area contributed by atoms with Crippen LogP contribution in [0.25, 0.3) is 0 Å². The van der Waals surface area contributed by atoms with E-state index in [1.165, 1.54) is 0 Å².